The molecule has 9 unspecified atom stereocenters. The fourth-order valence-corrected chi connectivity index (χ4v) is 18.2. The number of nitrogens with one attached hydrogen (secondary N) is 2. The average Bonchev–Trinajstić information content (AvgIpc) is 3.96. The third-order valence-corrected chi connectivity index (χ3v) is 22.0. The van der Waals surface area contributed by atoms with Gasteiger partial charge in [-0.25, -0.2) is 29.9 Å². The number of thioether (sulfide) groups is 3. The van der Waals surface area contributed by atoms with Crippen LogP contribution in [0.5, 0.6) is 0 Å². The molecule has 16 heteroatoms. The Kier molecular flexibility index (Phi) is 6.98. The number of H-pyrrole nitrogens is 2. The molecule has 2 aromatic heterocycles. The van der Waals surface area contributed by atoms with Crippen molar-refractivity contribution in [2.45, 2.75) is 65.8 Å². The molecule has 2 aromatic rings. The second-order valence-electron chi connectivity index (χ2n) is 15.7. The van der Waals surface area contributed by atoms with E-state index in [-0.39, 0.29) is 66.1 Å². The second-order valence-corrected chi connectivity index (χ2v) is 24.2. The summed E-state index contributed by atoms with van der Waals surface area (Å²) in [5.74, 6) is 2.00. The summed E-state index contributed by atoms with van der Waals surface area (Å²) in [6, 6.07) is 0. The highest BCUT2D eigenvalue weighted by molar-refractivity contribution is 8.58. The first-order valence-electron chi connectivity index (χ1n) is 18.2. The molecule has 11 rings (SSSR count). The number of allylic oxidation sites excluding steroid dienone is 4. The number of aliphatic hydroxyl groups is 1. The predicted molar refractivity (Wildman–Crippen MR) is 214 cm³/mol. The maximum atomic E-state index is 13.3. The van der Waals surface area contributed by atoms with Gasteiger partial charge in [0.2, 0.25) is 5.12 Å². The largest absolute Gasteiger partial charge is 0.386 e. The van der Waals surface area contributed by atoms with Crippen molar-refractivity contribution < 1.29 is 19.5 Å². The second kappa shape index (κ2) is 11.2. The predicted octanol–water partition coefficient (Wildman–Crippen LogP) is 4.81. The van der Waals surface area contributed by atoms with Crippen molar-refractivity contribution in [3.63, 3.8) is 0 Å². The summed E-state index contributed by atoms with van der Waals surface area (Å²) in [4.78, 5) is 77.3. The van der Waals surface area contributed by atoms with Crippen molar-refractivity contribution >= 4 is 93.5 Å². The third-order valence-electron chi connectivity index (χ3n) is 12.8. The molecule has 0 radical (unpaired) electrons. The molecule has 0 saturated carbocycles. The number of nitrogens with zero attached hydrogens (tertiary/aromatic N) is 6. The summed E-state index contributed by atoms with van der Waals surface area (Å²) in [7, 11) is -2.80. The number of fused-ring (bicyclic) bond motifs is 16. The van der Waals surface area contributed by atoms with E-state index in [4.69, 9.17) is 29.9 Å². The number of aromatic amines is 2. The quantitative estimate of drug-likeness (QED) is 0.119. The smallest absolute Gasteiger partial charge is 0.207 e. The van der Waals surface area contributed by atoms with Crippen LogP contribution in [0.1, 0.15) is 72.3 Å². The molecule has 3 saturated heterocycles. The van der Waals surface area contributed by atoms with E-state index < -0.39 is 8.75 Å². The van der Waals surface area contributed by atoms with Crippen LogP contribution < -0.4 is 5.48 Å². The fourth-order valence-electron chi connectivity index (χ4n) is 9.77. The van der Waals surface area contributed by atoms with Gasteiger partial charge in [0.1, 0.15) is 33.7 Å². The Bertz CT molecular complexity index is 2730. The SMILES string of the molecule is Cc1nc(C2=CC2/C=C\C2SC2=O)nc2[nH]c(nc3nc(nc4[nH]c(n1)c1c4C4SC(=O)C1C4C)C1=C3C(SCO)CCC1C)=S13(C)C=2C1C=CC3C=O. The van der Waals surface area contributed by atoms with Crippen LogP contribution >= 0.6 is 44.0 Å². The van der Waals surface area contributed by atoms with Crippen LogP contribution in [0.4, 0.5) is 0 Å². The Morgan fingerprint density at radius 1 is 0.926 bits per heavy atom. The summed E-state index contributed by atoms with van der Waals surface area (Å²) < 4.78 is 0.720. The van der Waals surface area contributed by atoms with Gasteiger partial charge < -0.3 is 19.9 Å². The van der Waals surface area contributed by atoms with E-state index in [2.05, 4.69) is 42.2 Å². The normalized spacial score (nSPS) is 34.5. The van der Waals surface area contributed by atoms with Crippen LogP contribution in [0.3, 0.4) is 0 Å². The van der Waals surface area contributed by atoms with Gasteiger partial charge in [-0.3, -0.25) is 9.59 Å². The van der Waals surface area contributed by atoms with Crippen LogP contribution in [0.2, 0.25) is 0 Å². The van der Waals surface area contributed by atoms with Crippen molar-refractivity contribution in [2.24, 2.45) is 17.8 Å². The summed E-state index contributed by atoms with van der Waals surface area (Å²) in [5.41, 5.74) is 6.69. The molecular formula is C38H36N8O4S4. The Labute approximate surface area is 322 Å². The number of hydrogen-bond donors (Lipinski definition) is 3. The van der Waals surface area contributed by atoms with Crippen LogP contribution in [0.15, 0.2) is 30.4 Å². The van der Waals surface area contributed by atoms with Crippen LogP contribution in [-0.4, -0.2) is 94.7 Å². The van der Waals surface area contributed by atoms with E-state index in [0.717, 1.165) is 56.7 Å². The zero-order valence-electron chi connectivity index (χ0n) is 29.8. The third kappa shape index (κ3) is 4.31. The number of rotatable bonds is 6. The Hall–Kier alpha value is -3.70. The zero-order valence-corrected chi connectivity index (χ0v) is 33.0. The van der Waals surface area contributed by atoms with Crippen LogP contribution in [0, 0.1) is 29.4 Å². The van der Waals surface area contributed by atoms with E-state index in [9.17, 15) is 19.5 Å². The van der Waals surface area contributed by atoms with Gasteiger partial charge in [0, 0.05) is 54.4 Å². The highest BCUT2D eigenvalue weighted by Crippen LogP contribution is 2.92. The molecule has 6 aliphatic heterocycles. The van der Waals surface area contributed by atoms with Crippen molar-refractivity contribution in [1.29, 1.82) is 0 Å². The molecule has 1 spiro atoms. The average molecular weight is 797 g/mol. The summed E-state index contributed by atoms with van der Waals surface area (Å²) in [6.45, 7) is 6.16. The van der Waals surface area contributed by atoms with Gasteiger partial charge in [0.25, 0.3) is 0 Å². The lowest BCUT2D eigenvalue weighted by atomic mass is 9.84. The minimum absolute atomic E-state index is 0.0202. The van der Waals surface area contributed by atoms with Gasteiger partial charge in [0.15, 0.2) is 22.6 Å². The molecule has 0 aromatic carbocycles. The molecular weight excluding hydrogens is 761 g/mol. The number of aliphatic hydroxyl groups excluding tert-OH is 1. The first kappa shape index (κ1) is 33.6. The van der Waals surface area contributed by atoms with Gasteiger partial charge in [-0.2, -0.15) is 8.75 Å². The molecule has 3 fully saturated rings. The molecule has 3 aliphatic carbocycles. The molecule has 3 N–H and O–H groups in total. The highest BCUT2D eigenvalue weighted by Gasteiger charge is 2.68. The minimum Gasteiger partial charge on any atom is -0.386 e. The summed E-state index contributed by atoms with van der Waals surface area (Å²) >= 11 is 4.18. The number of carbonyl (C=O) groups is 3. The first-order chi connectivity index (χ1) is 26.0. The standard InChI is InChI=1S/C38H36N8O4S4/c1-14-5-8-20(51-13-48)25-23(14)31-42-32(25)45-38-46-35(29-22-10-7-18(12-47)54(22,29,38)4)41-30(19-11-17(19)6-9-21-36(49)52-21)39-16(3)40-33-26-24-15(2)28(53-37(24)50)27(26)34(43-31)44-33/h6-7,9-12,14-15,17-18,20-22,24,28,48H,5,8,13H2,1-4H3,(H2,39,40,41,42,43,44,45,46)/b9-6-. The van der Waals surface area contributed by atoms with E-state index >= 15 is 0 Å². The van der Waals surface area contributed by atoms with Gasteiger partial charge in [-0.1, -0.05) is 67.8 Å². The van der Waals surface area contributed by atoms with Gasteiger partial charge in [-0.15, -0.1) is 11.8 Å². The minimum atomic E-state index is -2.80. The summed E-state index contributed by atoms with van der Waals surface area (Å²) in [5, 5.41) is 9.97. The van der Waals surface area contributed by atoms with E-state index in [0.29, 0.717) is 40.1 Å². The maximum absolute atomic E-state index is 13.3. The Balaban J connectivity index is 1.24. The fraction of sp³-hybridized carbons (Fsp3) is 0.421. The van der Waals surface area contributed by atoms with Crippen molar-refractivity contribution in [3.05, 3.63) is 75.1 Å². The van der Waals surface area contributed by atoms with Gasteiger partial charge in [0.05, 0.1) is 22.4 Å². The topological polar surface area (TPSA) is 180 Å². The molecule has 0 amide bonds. The van der Waals surface area contributed by atoms with Crippen molar-refractivity contribution in [3.8, 4) is 0 Å². The lowest BCUT2D eigenvalue weighted by molar-refractivity contribution is -0.112. The lowest BCUT2D eigenvalue weighted by Gasteiger charge is -2.28. The van der Waals surface area contributed by atoms with E-state index in [1.165, 1.54) is 35.3 Å². The Morgan fingerprint density at radius 3 is 2.50 bits per heavy atom. The first-order valence-corrected chi connectivity index (χ1v) is 23.6. The molecule has 9 aliphatic rings. The van der Waals surface area contributed by atoms with E-state index in [1.54, 1.807) is 0 Å². The Morgan fingerprint density at radius 2 is 1.72 bits per heavy atom. The molecule has 276 valence electrons. The van der Waals surface area contributed by atoms with Crippen LogP contribution in [-0.2, 0) is 14.4 Å². The van der Waals surface area contributed by atoms with Crippen molar-refractivity contribution in [1.82, 2.24) is 39.9 Å². The number of aryl methyl sites for hydroxylation is 1. The number of hydrogen-bond acceptors (Lipinski definition) is 13. The van der Waals surface area contributed by atoms with Gasteiger partial charge >= 0.3 is 0 Å². The van der Waals surface area contributed by atoms with Crippen LogP contribution in [0.25, 0.3) is 32.9 Å². The van der Waals surface area contributed by atoms with Gasteiger partial charge in [-0.05, 0) is 37.9 Å². The zero-order chi connectivity index (χ0) is 37.0. The summed E-state index contributed by atoms with van der Waals surface area (Å²) in [6.07, 6.45) is 15.2. The lowest BCUT2D eigenvalue weighted by Crippen LogP contribution is -2.18. The molecule has 8 heterocycles. The highest BCUT2D eigenvalue weighted by atomic mass is 32.3. The van der Waals surface area contributed by atoms with E-state index in [1.807, 2.05) is 25.2 Å². The number of carbonyl (C=O) groups excluding carboxylic acids is 3. The molecule has 8 bridgehead atoms. The number of aromatic nitrogens is 8. The molecule has 12 nitrogen and oxygen atoms in total. The molecule has 54 heavy (non-hydrogen) atoms. The molecule has 9 atom stereocenters. The number of aldehydes is 1. The monoisotopic (exact) mass is 796 g/mol. The van der Waals surface area contributed by atoms with Crippen molar-refractivity contribution in [2.75, 3.05) is 12.2 Å². The maximum Gasteiger partial charge on any atom is 0.207 e.